The van der Waals surface area contributed by atoms with Crippen LogP contribution < -0.4 is 10.6 Å². The highest BCUT2D eigenvalue weighted by molar-refractivity contribution is 7.70. The first-order valence-electron chi connectivity index (χ1n) is 7.08. The van der Waals surface area contributed by atoms with Gasteiger partial charge in [0.15, 0.2) is 0 Å². The Bertz CT molecular complexity index is 614. The number of carbonyl (C=O) groups excluding carboxylic acids is 2. The van der Waals surface area contributed by atoms with Crippen molar-refractivity contribution in [1.29, 1.82) is 0 Å². The predicted molar refractivity (Wildman–Crippen MR) is 86.5 cm³/mol. The lowest BCUT2D eigenvalue weighted by Gasteiger charge is -2.22. The molecule has 0 unspecified atom stereocenters. The maximum Gasteiger partial charge on any atom is 0.408 e. The summed E-state index contributed by atoms with van der Waals surface area (Å²) in [6.45, 7) is 8.47. The van der Waals surface area contributed by atoms with Crippen molar-refractivity contribution >= 4 is 24.5 Å². The Morgan fingerprint density at radius 2 is 2.00 bits per heavy atom. The van der Waals surface area contributed by atoms with E-state index < -0.39 is 30.8 Å². The number of nitrogens with one attached hydrogen (secondary N) is 1. The summed E-state index contributed by atoms with van der Waals surface area (Å²) in [5, 5.41) is 7.12. The number of aromatic nitrogens is 2. The summed E-state index contributed by atoms with van der Waals surface area (Å²) in [5.74, 6) is -0.621. The van der Waals surface area contributed by atoms with E-state index in [1.807, 2.05) is 0 Å². The van der Waals surface area contributed by atoms with Gasteiger partial charge in [-0.05, 0) is 34.1 Å². The average Bonchev–Trinajstić information content (AvgIpc) is 2.83. The molecule has 0 radical (unpaired) electrons. The molecule has 0 aliphatic heterocycles. The SMILES string of the molecule is COC(=O)[C@H](Cn1cc(P(C)(C)=O)cn1)NC(=O)OC(C)(C)C. The van der Waals surface area contributed by atoms with Gasteiger partial charge in [-0.1, -0.05) is 0 Å². The summed E-state index contributed by atoms with van der Waals surface area (Å²) in [6.07, 6.45) is 2.35. The van der Waals surface area contributed by atoms with Crippen molar-refractivity contribution < 1.29 is 23.6 Å². The van der Waals surface area contributed by atoms with Crippen LogP contribution >= 0.6 is 7.14 Å². The van der Waals surface area contributed by atoms with Gasteiger partial charge in [0.25, 0.3) is 0 Å². The first-order chi connectivity index (χ1) is 10.4. The van der Waals surface area contributed by atoms with Gasteiger partial charge in [0.05, 0.1) is 19.9 Å². The zero-order valence-corrected chi connectivity index (χ0v) is 15.2. The number of esters is 1. The van der Waals surface area contributed by atoms with E-state index in [2.05, 4.69) is 15.2 Å². The molecule has 1 aromatic rings. The van der Waals surface area contributed by atoms with Crippen molar-refractivity contribution in [3.05, 3.63) is 12.4 Å². The molecule has 0 spiro atoms. The Kier molecular flexibility index (Phi) is 5.99. The Morgan fingerprint density at radius 3 is 2.43 bits per heavy atom. The molecule has 1 rings (SSSR count). The van der Waals surface area contributed by atoms with Crippen LogP contribution in [0.1, 0.15) is 20.8 Å². The molecule has 1 atom stereocenters. The van der Waals surface area contributed by atoms with Crippen LogP contribution in [0.5, 0.6) is 0 Å². The van der Waals surface area contributed by atoms with Crippen LogP contribution in [0.25, 0.3) is 0 Å². The molecule has 0 bridgehead atoms. The number of hydrogen-bond donors (Lipinski definition) is 1. The van der Waals surface area contributed by atoms with Gasteiger partial charge in [-0.2, -0.15) is 5.10 Å². The predicted octanol–water partition coefficient (Wildman–Crippen LogP) is 1.20. The second kappa shape index (κ2) is 7.17. The number of alkyl carbamates (subject to hydrolysis) is 1. The molecule has 0 saturated carbocycles. The Hall–Kier alpha value is -1.82. The molecule has 0 fully saturated rings. The fraction of sp³-hybridized carbons (Fsp3) is 0.643. The third-order valence-electron chi connectivity index (χ3n) is 2.79. The second-order valence-electron chi connectivity index (χ2n) is 6.49. The third-order valence-corrected chi connectivity index (χ3v) is 4.26. The van der Waals surface area contributed by atoms with Gasteiger partial charge >= 0.3 is 12.1 Å². The number of rotatable bonds is 5. The molecule has 0 aromatic carbocycles. The fourth-order valence-corrected chi connectivity index (χ4v) is 2.43. The quantitative estimate of drug-likeness (QED) is 0.636. The molecule has 8 nitrogen and oxygen atoms in total. The number of carbonyl (C=O) groups is 2. The monoisotopic (exact) mass is 345 g/mol. The van der Waals surface area contributed by atoms with E-state index in [4.69, 9.17) is 4.74 Å². The first kappa shape index (κ1) is 19.2. The minimum Gasteiger partial charge on any atom is -0.467 e. The van der Waals surface area contributed by atoms with E-state index in [0.717, 1.165) is 0 Å². The molecule has 9 heteroatoms. The van der Waals surface area contributed by atoms with Crippen LogP contribution in [0, 0.1) is 0 Å². The Labute approximate surface area is 135 Å². The second-order valence-corrected chi connectivity index (χ2v) is 9.71. The molecule has 130 valence electrons. The molecule has 1 heterocycles. The molecule has 23 heavy (non-hydrogen) atoms. The highest BCUT2D eigenvalue weighted by atomic mass is 31.2. The van der Waals surface area contributed by atoms with E-state index >= 15 is 0 Å². The number of hydrogen-bond acceptors (Lipinski definition) is 6. The molecular weight excluding hydrogens is 321 g/mol. The maximum atomic E-state index is 12.0. The van der Waals surface area contributed by atoms with Crippen LogP contribution in [0.3, 0.4) is 0 Å². The van der Waals surface area contributed by atoms with Gasteiger partial charge in [-0.3, -0.25) is 4.68 Å². The van der Waals surface area contributed by atoms with E-state index in [0.29, 0.717) is 5.30 Å². The number of methoxy groups -OCH3 is 1. The first-order valence-corrected chi connectivity index (χ1v) is 9.68. The summed E-state index contributed by atoms with van der Waals surface area (Å²) < 4.78 is 23.3. The summed E-state index contributed by atoms with van der Waals surface area (Å²) in [4.78, 5) is 23.7. The van der Waals surface area contributed by atoms with Crippen molar-refractivity contribution in [3.63, 3.8) is 0 Å². The number of nitrogens with zero attached hydrogens (tertiary/aromatic N) is 2. The molecule has 0 aliphatic rings. The van der Waals surface area contributed by atoms with Gasteiger partial charge in [-0.15, -0.1) is 0 Å². The highest BCUT2D eigenvalue weighted by Crippen LogP contribution is 2.33. The lowest BCUT2D eigenvalue weighted by atomic mass is 10.2. The largest absolute Gasteiger partial charge is 0.467 e. The fourth-order valence-electron chi connectivity index (χ4n) is 1.69. The summed E-state index contributed by atoms with van der Waals surface area (Å²) >= 11 is 0. The minimum atomic E-state index is -2.44. The summed E-state index contributed by atoms with van der Waals surface area (Å²) in [5.41, 5.74) is -0.680. The topological polar surface area (TPSA) is 99.5 Å². The molecule has 1 amide bonds. The van der Waals surface area contributed by atoms with E-state index in [9.17, 15) is 14.2 Å². The van der Waals surface area contributed by atoms with Crippen molar-refractivity contribution in [1.82, 2.24) is 15.1 Å². The van der Waals surface area contributed by atoms with E-state index in [1.54, 1.807) is 40.3 Å². The molecular formula is C14H24N3O5P. The molecule has 0 aliphatic carbocycles. The van der Waals surface area contributed by atoms with Crippen molar-refractivity contribution in [2.75, 3.05) is 20.4 Å². The standard InChI is InChI=1S/C14H24N3O5P/c1-14(2,3)22-13(19)16-11(12(18)21-4)9-17-8-10(7-15-17)23(5,6)20/h7-8,11H,9H2,1-6H3,(H,16,19)/t11-/m0/s1. The van der Waals surface area contributed by atoms with Gasteiger partial charge in [0, 0.05) is 11.5 Å². The number of amides is 1. The highest BCUT2D eigenvalue weighted by Gasteiger charge is 2.26. The van der Waals surface area contributed by atoms with E-state index in [1.165, 1.54) is 18.0 Å². The van der Waals surface area contributed by atoms with Crippen LogP contribution in [-0.4, -0.2) is 53.9 Å². The smallest absolute Gasteiger partial charge is 0.408 e. The van der Waals surface area contributed by atoms with Crippen molar-refractivity contribution in [3.8, 4) is 0 Å². The molecule has 0 saturated heterocycles. The normalized spacial score (nSPS) is 13.3. The molecule has 1 aromatic heterocycles. The maximum absolute atomic E-state index is 12.0. The van der Waals surface area contributed by atoms with Gasteiger partial charge in [0.1, 0.15) is 18.8 Å². The lowest BCUT2D eigenvalue weighted by molar-refractivity contribution is -0.143. The number of ether oxygens (including phenoxy) is 2. The van der Waals surface area contributed by atoms with Crippen LogP contribution in [-0.2, 0) is 25.4 Å². The zero-order valence-electron chi connectivity index (χ0n) is 14.3. The summed E-state index contributed by atoms with van der Waals surface area (Å²) in [6, 6.07) is -0.962. The van der Waals surface area contributed by atoms with Crippen LogP contribution in [0.2, 0.25) is 0 Å². The lowest BCUT2D eigenvalue weighted by Crippen LogP contribution is -2.46. The van der Waals surface area contributed by atoms with Gasteiger partial charge < -0.3 is 19.4 Å². The zero-order chi connectivity index (χ0) is 17.8. The van der Waals surface area contributed by atoms with E-state index in [-0.39, 0.29) is 6.54 Å². The van der Waals surface area contributed by atoms with Gasteiger partial charge in [0.2, 0.25) is 0 Å². The third kappa shape index (κ3) is 6.44. The molecule has 1 N–H and O–H groups in total. The summed E-state index contributed by atoms with van der Waals surface area (Å²) in [7, 11) is -1.21. The average molecular weight is 345 g/mol. The van der Waals surface area contributed by atoms with Crippen LogP contribution in [0.15, 0.2) is 12.4 Å². The van der Waals surface area contributed by atoms with Crippen molar-refractivity contribution in [2.45, 2.75) is 39.0 Å². The minimum absolute atomic E-state index is 0.0475. The Balaban J connectivity index is 2.83. The Morgan fingerprint density at radius 1 is 1.39 bits per heavy atom. The van der Waals surface area contributed by atoms with Gasteiger partial charge in [-0.25, -0.2) is 9.59 Å². The van der Waals surface area contributed by atoms with Crippen LogP contribution in [0.4, 0.5) is 4.79 Å². The van der Waals surface area contributed by atoms with Crippen molar-refractivity contribution in [2.24, 2.45) is 0 Å².